The molecule has 6 heteroatoms. The van der Waals surface area contributed by atoms with Crippen LogP contribution in [0.3, 0.4) is 0 Å². The van der Waals surface area contributed by atoms with Crippen molar-refractivity contribution in [2.75, 3.05) is 6.61 Å². The third-order valence-electron chi connectivity index (χ3n) is 2.25. The van der Waals surface area contributed by atoms with E-state index in [1.54, 1.807) is 6.92 Å². The molecule has 0 aliphatic carbocycles. The molecule has 0 fully saturated rings. The Hall–Kier alpha value is -1.17. The van der Waals surface area contributed by atoms with Crippen LogP contribution in [0, 0.1) is 6.92 Å². The summed E-state index contributed by atoms with van der Waals surface area (Å²) in [5.74, 6) is 0.0780. The molecule has 1 aromatic rings. The minimum atomic E-state index is -0.413. The van der Waals surface area contributed by atoms with E-state index in [1.807, 2.05) is 6.92 Å². The van der Waals surface area contributed by atoms with Crippen LogP contribution in [0.5, 0.6) is 0 Å². The Bertz CT molecular complexity index is 457. The lowest BCUT2D eigenvalue weighted by atomic mass is 10.4. The van der Waals surface area contributed by atoms with Crippen molar-refractivity contribution in [2.24, 2.45) is 0 Å². The van der Waals surface area contributed by atoms with Crippen molar-refractivity contribution in [1.82, 2.24) is 9.55 Å². The summed E-state index contributed by atoms with van der Waals surface area (Å²) in [5.41, 5.74) is -0.273. The number of unbranched alkanes of at least 4 members (excludes halogenated alkanes) is 1. The average molecular weight is 303 g/mol. The number of aromatic nitrogens is 2. The first-order chi connectivity index (χ1) is 8.06. The number of aryl methyl sites for hydroxylation is 1. The molecule has 0 atom stereocenters. The second kappa shape index (κ2) is 6.54. The van der Waals surface area contributed by atoms with Crippen molar-refractivity contribution in [2.45, 2.75) is 33.2 Å². The van der Waals surface area contributed by atoms with Gasteiger partial charge in [-0.05, 0) is 29.3 Å². The summed E-state index contributed by atoms with van der Waals surface area (Å²) in [6, 6.07) is 0. The first-order valence-corrected chi connectivity index (χ1v) is 6.23. The predicted octanol–water partition coefficient (Wildman–Crippen LogP) is 1.66. The number of esters is 1. The molecular formula is C11H15BrN2O3. The molecule has 0 aliphatic rings. The van der Waals surface area contributed by atoms with E-state index in [1.165, 1.54) is 10.8 Å². The van der Waals surface area contributed by atoms with Gasteiger partial charge in [0.05, 0.1) is 6.61 Å². The summed E-state index contributed by atoms with van der Waals surface area (Å²) in [4.78, 5) is 27.2. The fourth-order valence-corrected chi connectivity index (χ4v) is 1.56. The van der Waals surface area contributed by atoms with Gasteiger partial charge in [0.2, 0.25) is 0 Å². The first kappa shape index (κ1) is 13.9. The van der Waals surface area contributed by atoms with Crippen molar-refractivity contribution in [3.8, 4) is 0 Å². The fraction of sp³-hybridized carbons (Fsp3) is 0.545. The summed E-state index contributed by atoms with van der Waals surface area (Å²) in [7, 11) is 0. The van der Waals surface area contributed by atoms with Gasteiger partial charge in [0.15, 0.2) is 0 Å². The first-order valence-electron chi connectivity index (χ1n) is 5.43. The van der Waals surface area contributed by atoms with E-state index >= 15 is 0 Å². The number of carbonyl (C=O) groups is 1. The quantitative estimate of drug-likeness (QED) is 0.613. The van der Waals surface area contributed by atoms with Crippen LogP contribution >= 0.6 is 15.9 Å². The lowest BCUT2D eigenvalue weighted by Crippen LogP contribution is -2.28. The van der Waals surface area contributed by atoms with Crippen LogP contribution < -0.4 is 5.56 Å². The number of hydrogen-bond acceptors (Lipinski definition) is 4. The van der Waals surface area contributed by atoms with Crippen molar-refractivity contribution >= 4 is 21.9 Å². The summed E-state index contributed by atoms with van der Waals surface area (Å²) in [6.45, 7) is 3.99. The molecular weight excluding hydrogens is 288 g/mol. The van der Waals surface area contributed by atoms with E-state index in [-0.39, 0.29) is 12.1 Å². The summed E-state index contributed by atoms with van der Waals surface area (Å²) < 4.78 is 6.62. The molecule has 0 N–H and O–H groups in total. The third-order valence-corrected chi connectivity index (χ3v) is 2.80. The highest BCUT2D eigenvalue weighted by Gasteiger charge is 2.10. The van der Waals surface area contributed by atoms with Gasteiger partial charge in [0, 0.05) is 6.20 Å². The van der Waals surface area contributed by atoms with Gasteiger partial charge in [-0.3, -0.25) is 14.2 Å². The zero-order valence-electron chi connectivity index (χ0n) is 9.90. The van der Waals surface area contributed by atoms with Crippen LogP contribution in [0.1, 0.15) is 25.6 Å². The monoisotopic (exact) mass is 302 g/mol. The third kappa shape index (κ3) is 3.96. The van der Waals surface area contributed by atoms with Crippen LogP contribution in [-0.4, -0.2) is 22.1 Å². The minimum absolute atomic E-state index is 0.0964. The molecule has 0 unspecified atom stereocenters. The maximum absolute atomic E-state index is 11.7. The predicted molar refractivity (Wildman–Crippen MR) is 66.8 cm³/mol. The summed E-state index contributed by atoms with van der Waals surface area (Å²) in [5, 5.41) is 0. The van der Waals surface area contributed by atoms with Gasteiger partial charge in [-0.15, -0.1) is 0 Å². The Labute approximate surface area is 108 Å². The lowest BCUT2D eigenvalue weighted by molar-refractivity contribution is -0.144. The molecule has 0 radical (unpaired) electrons. The van der Waals surface area contributed by atoms with Gasteiger partial charge in [-0.1, -0.05) is 13.3 Å². The maximum Gasteiger partial charge on any atom is 0.326 e. The number of rotatable bonds is 5. The fourth-order valence-electron chi connectivity index (χ4n) is 1.24. The molecule has 1 rings (SSSR count). The van der Waals surface area contributed by atoms with Gasteiger partial charge in [-0.25, -0.2) is 4.98 Å². The van der Waals surface area contributed by atoms with Gasteiger partial charge in [0.25, 0.3) is 5.56 Å². The second-order valence-electron chi connectivity index (χ2n) is 3.62. The van der Waals surface area contributed by atoms with Crippen LogP contribution in [0.25, 0.3) is 0 Å². The molecule has 5 nitrogen and oxygen atoms in total. The second-order valence-corrected chi connectivity index (χ2v) is 4.47. The van der Waals surface area contributed by atoms with Gasteiger partial charge < -0.3 is 4.74 Å². The van der Waals surface area contributed by atoms with E-state index in [0.29, 0.717) is 16.9 Å². The molecule has 1 aromatic heterocycles. The standard InChI is InChI=1S/C11H15BrN2O3/c1-3-4-5-17-10(15)7-14-8(2)13-6-9(12)11(14)16/h6H,3-5,7H2,1-2H3. The molecule has 0 saturated carbocycles. The zero-order valence-corrected chi connectivity index (χ0v) is 11.5. The Kier molecular flexibility index (Phi) is 5.34. The normalized spacial score (nSPS) is 10.3. The van der Waals surface area contributed by atoms with E-state index in [0.717, 1.165) is 12.8 Å². The average Bonchev–Trinajstić information content (AvgIpc) is 2.30. The molecule has 0 aromatic carbocycles. The highest BCUT2D eigenvalue weighted by Crippen LogP contribution is 2.01. The molecule has 0 amide bonds. The summed E-state index contributed by atoms with van der Waals surface area (Å²) in [6.07, 6.45) is 3.22. The largest absolute Gasteiger partial charge is 0.464 e. The molecule has 1 heterocycles. The molecule has 0 aliphatic heterocycles. The lowest BCUT2D eigenvalue weighted by Gasteiger charge is -2.09. The molecule has 0 spiro atoms. The Morgan fingerprint density at radius 3 is 2.94 bits per heavy atom. The number of nitrogens with zero attached hydrogens (tertiary/aromatic N) is 2. The number of ether oxygens (including phenoxy) is 1. The Balaban J connectivity index is 2.71. The number of hydrogen-bond donors (Lipinski definition) is 0. The van der Waals surface area contributed by atoms with Crippen molar-refractivity contribution in [3.05, 3.63) is 26.8 Å². The topological polar surface area (TPSA) is 61.2 Å². The summed E-state index contributed by atoms with van der Waals surface area (Å²) >= 11 is 3.09. The highest BCUT2D eigenvalue weighted by molar-refractivity contribution is 9.10. The Morgan fingerprint density at radius 1 is 1.59 bits per heavy atom. The van der Waals surface area contributed by atoms with Crippen LogP contribution in [-0.2, 0) is 16.1 Å². The van der Waals surface area contributed by atoms with E-state index < -0.39 is 5.97 Å². The molecule has 0 saturated heterocycles. The van der Waals surface area contributed by atoms with Crippen LogP contribution in [0.4, 0.5) is 0 Å². The number of carbonyl (C=O) groups excluding carboxylic acids is 1. The van der Waals surface area contributed by atoms with E-state index in [9.17, 15) is 9.59 Å². The molecule has 0 bridgehead atoms. The van der Waals surface area contributed by atoms with Gasteiger partial charge in [-0.2, -0.15) is 0 Å². The zero-order chi connectivity index (χ0) is 12.8. The number of halogens is 1. The highest BCUT2D eigenvalue weighted by atomic mass is 79.9. The maximum atomic E-state index is 11.7. The SMILES string of the molecule is CCCCOC(=O)Cn1c(C)ncc(Br)c1=O. The van der Waals surface area contributed by atoms with E-state index in [2.05, 4.69) is 20.9 Å². The molecule has 94 valence electrons. The van der Waals surface area contributed by atoms with Gasteiger partial charge in [0.1, 0.15) is 16.8 Å². The van der Waals surface area contributed by atoms with Crippen LogP contribution in [0.15, 0.2) is 15.5 Å². The van der Waals surface area contributed by atoms with Crippen molar-refractivity contribution in [1.29, 1.82) is 0 Å². The minimum Gasteiger partial charge on any atom is -0.464 e. The van der Waals surface area contributed by atoms with E-state index in [4.69, 9.17) is 4.74 Å². The van der Waals surface area contributed by atoms with Crippen molar-refractivity contribution in [3.63, 3.8) is 0 Å². The van der Waals surface area contributed by atoms with Crippen LogP contribution in [0.2, 0.25) is 0 Å². The Morgan fingerprint density at radius 2 is 2.29 bits per heavy atom. The molecule has 17 heavy (non-hydrogen) atoms. The van der Waals surface area contributed by atoms with Gasteiger partial charge >= 0.3 is 5.97 Å². The van der Waals surface area contributed by atoms with Crippen molar-refractivity contribution < 1.29 is 9.53 Å². The smallest absolute Gasteiger partial charge is 0.326 e.